The van der Waals surface area contributed by atoms with Gasteiger partial charge in [-0.3, -0.25) is 9.48 Å². The number of carbonyl (C=O) groups excluding carboxylic acids is 1. The van der Waals surface area contributed by atoms with Crippen LogP contribution in [0.1, 0.15) is 29.2 Å². The molecule has 92 valence electrons. The normalized spacial score (nSPS) is 11.4. The van der Waals surface area contributed by atoms with Gasteiger partial charge in [-0.2, -0.15) is 5.10 Å². The predicted molar refractivity (Wildman–Crippen MR) is 70.5 cm³/mol. The lowest BCUT2D eigenvalue weighted by Gasteiger charge is -2.05. The maximum absolute atomic E-state index is 11.9. The molecule has 0 saturated carbocycles. The third-order valence-electron chi connectivity index (χ3n) is 2.59. The topological polar surface area (TPSA) is 46.9 Å². The van der Waals surface area contributed by atoms with Crippen LogP contribution in [-0.4, -0.2) is 22.2 Å². The maximum Gasteiger partial charge on any atom is 0.261 e. The zero-order valence-electron chi connectivity index (χ0n) is 10.6. The third-order valence-corrected chi connectivity index (χ3v) is 3.79. The van der Waals surface area contributed by atoms with Crippen LogP contribution in [0.25, 0.3) is 10.2 Å². The molecule has 0 aliphatic heterocycles. The first kappa shape index (κ1) is 12.1. The van der Waals surface area contributed by atoms with Crippen molar-refractivity contribution in [3.05, 3.63) is 16.6 Å². The highest BCUT2D eigenvalue weighted by Crippen LogP contribution is 2.27. The van der Waals surface area contributed by atoms with Gasteiger partial charge in [0, 0.05) is 19.0 Å². The van der Waals surface area contributed by atoms with Gasteiger partial charge >= 0.3 is 0 Å². The summed E-state index contributed by atoms with van der Waals surface area (Å²) in [7, 11) is 1.90. The van der Waals surface area contributed by atoms with Gasteiger partial charge in [0.25, 0.3) is 5.91 Å². The van der Waals surface area contributed by atoms with E-state index >= 15 is 0 Å². The molecule has 0 atom stereocenters. The van der Waals surface area contributed by atoms with E-state index in [0.717, 1.165) is 20.8 Å². The predicted octanol–water partition coefficient (Wildman–Crippen LogP) is 2.33. The number of carbonyl (C=O) groups is 1. The SMILES string of the molecule is Cc1nn(C)c2sc(C(=O)NCC(C)C)cc12. The molecule has 0 aliphatic rings. The lowest BCUT2D eigenvalue weighted by molar-refractivity contribution is 0.0953. The number of aromatic nitrogens is 2. The molecule has 0 spiro atoms. The van der Waals surface area contributed by atoms with E-state index in [0.29, 0.717) is 12.5 Å². The first-order valence-corrected chi connectivity index (χ1v) is 6.52. The van der Waals surface area contributed by atoms with Crippen LogP contribution in [0.2, 0.25) is 0 Å². The van der Waals surface area contributed by atoms with Gasteiger partial charge in [0.2, 0.25) is 0 Å². The standard InChI is InChI=1S/C12H17N3OS/c1-7(2)6-13-11(16)10-5-9-8(3)14-15(4)12(9)17-10/h5,7H,6H2,1-4H3,(H,13,16). The van der Waals surface area contributed by atoms with E-state index in [2.05, 4.69) is 24.3 Å². The van der Waals surface area contributed by atoms with Crippen molar-refractivity contribution in [1.82, 2.24) is 15.1 Å². The molecule has 4 nitrogen and oxygen atoms in total. The van der Waals surface area contributed by atoms with Gasteiger partial charge in [-0.05, 0) is 18.9 Å². The molecule has 0 aliphatic carbocycles. The van der Waals surface area contributed by atoms with Crippen LogP contribution in [0.15, 0.2) is 6.07 Å². The lowest BCUT2D eigenvalue weighted by Crippen LogP contribution is -2.26. The van der Waals surface area contributed by atoms with Crippen molar-refractivity contribution in [2.24, 2.45) is 13.0 Å². The van der Waals surface area contributed by atoms with Crippen LogP contribution >= 0.6 is 11.3 Å². The number of hydrogen-bond donors (Lipinski definition) is 1. The quantitative estimate of drug-likeness (QED) is 0.910. The van der Waals surface area contributed by atoms with Gasteiger partial charge in [0.1, 0.15) is 4.83 Å². The Kier molecular flexibility index (Phi) is 3.19. The Morgan fingerprint density at radius 2 is 2.29 bits per heavy atom. The first-order chi connectivity index (χ1) is 7.99. The smallest absolute Gasteiger partial charge is 0.261 e. The lowest BCUT2D eigenvalue weighted by atomic mass is 10.2. The van der Waals surface area contributed by atoms with Gasteiger partial charge in [-0.15, -0.1) is 11.3 Å². The Labute approximate surface area is 105 Å². The number of fused-ring (bicyclic) bond motifs is 1. The van der Waals surface area contributed by atoms with Crippen LogP contribution in [0.3, 0.4) is 0 Å². The van der Waals surface area contributed by atoms with E-state index in [-0.39, 0.29) is 5.91 Å². The van der Waals surface area contributed by atoms with E-state index in [4.69, 9.17) is 0 Å². The highest BCUT2D eigenvalue weighted by Gasteiger charge is 2.14. The molecule has 0 fully saturated rings. The fraction of sp³-hybridized carbons (Fsp3) is 0.500. The monoisotopic (exact) mass is 251 g/mol. The number of amides is 1. The summed E-state index contributed by atoms with van der Waals surface area (Å²) in [6.07, 6.45) is 0. The van der Waals surface area contributed by atoms with Crippen molar-refractivity contribution in [2.75, 3.05) is 6.54 Å². The second-order valence-corrected chi connectivity index (χ2v) is 5.67. The Bertz CT molecular complexity index is 519. The molecule has 17 heavy (non-hydrogen) atoms. The average molecular weight is 251 g/mol. The van der Waals surface area contributed by atoms with E-state index in [9.17, 15) is 4.79 Å². The number of nitrogens with one attached hydrogen (secondary N) is 1. The highest BCUT2D eigenvalue weighted by molar-refractivity contribution is 7.20. The molecular formula is C12H17N3OS. The van der Waals surface area contributed by atoms with E-state index in [1.807, 2.05) is 24.7 Å². The van der Waals surface area contributed by atoms with Crippen molar-refractivity contribution in [3.8, 4) is 0 Å². The molecule has 2 aromatic rings. The summed E-state index contributed by atoms with van der Waals surface area (Å²) in [5, 5.41) is 8.33. The summed E-state index contributed by atoms with van der Waals surface area (Å²) < 4.78 is 1.83. The van der Waals surface area contributed by atoms with Gasteiger partial charge in [-0.1, -0.05) is 13.8 Å². The van der Waals surface area contributed by atoms with Crippen LogP contribution in [0.4, 0.5) is 0 Å². The minimum Gasteiger partial charge on any atom is -0.351 e. The Morgan fingerprint density at radius 1 is 1.59 bits per heavy atom. The maximum atomic E-state index is 11.9. The summed E-state index contributed by atoms with van der Waals surface area (Å²) in [6.45, 7) is 6.84. The molecule has 1 amide bonds. The third kappa shape index (κ3) is 2.34. The first-order valence-electron chi connectivity index (χ1n) is 5.70. The fourth-order valence-corrected chi connectivity index (χ4v) is 2.74. The summed E-state index contributed by atoms with van der Waals surface area (Å²) in [5.74, 6) is 0.482. The number of nitrogens with zero attached hydrogens (tertiary/aromatic N) is 2. The Morgan fingerprint density at radius 3 is 2.88 bits per heavy atom. The molecule has 0 unspecified atom stereocenters. The zero-order chi connectivity index (χ0) is 12.6. The second-order valence-electron chi connectivity index (χ2n) is 4.64. The van der Waals surface area contributed by atoms with Crippen molar-refractivity contribution >= 4 is 27.5 Å². The highest BCUT2D eigenvalue weighted by atomic mass is 32.1. The van der Waals surface area contributed by atoms with Crippen LogP contribution in [0, 0.1) is 12.8 Å². The molecule has 2 aromatic heterocycles. The average Bonchev–Trinajstić information content (AvgIpc) is 2.79. The molecule has 0 bridgehead atoms. The second kappa shape index (κ2) is 4.49. The number of hydrogen-bond acceptors (Lipinski definition) is 3. The van der Waals surface area contributed by atoms with Crippen molar-refractivity contribution in [3.63, 3.8) is 0 Å². The van der Waals surface area contributed by atoms with Crippen molar-refractivity contribution in [2.45, 2.75) is 20.8 Å². The van der Waals surface area contributed by atoms with Crippen LogP contribution < -0.4 is 5.32 Å². The van der Waals surface area contributed by atoms with Crippen molar-refractivity contribution in [1.29, 1.82) is 0 Å². The van der Waals surface area contributed by atoms with Crippen LogP contribution in [-0.2, 0) is 7.05 Å². The summed E-state index contributed by atoms with van der Waals surface area (Å²) in [4.78, 5) is 13.7. The molecule has 1 N–H and O–H groups in total. The number of rotatable bonds is 3. The Balaban J connectivity index is 2.24. The molecular weight excluding hydrogens is 234 g/mol. The van der Waals surface area contributed by atoms with Gasteiger partial charge in [0.15, 0.2) is 0 Å². The van der Waals surface area contributed by atoms with Gasteiger partial charge in [0.05, 0.1) is 10.6 Å². The molecule has 5 heteroatoms. The summed E-state index contributed by atoms with van der Waals surface area (Å²) >= 11 is 1.49. The van der Waals surface area contributed by atoms with Crippen LogP contribution in [0.5, 0.6) is 0 Å². The van der Waals surface area contributed by atoms with E-state index in [1.165, 1.54) is 11.3 Å². The summed E-state index contributed by atoms with van der Waals surface area (Å²) in [6, 6.07) is 1.93. The minimum absolute atomic E-state index is 0.0132. The van der Waals surface area contributed by atoms with Crippen molar-refractivity contribution < 1.29 is 4.79 Å². The molecule has 0 aromatic carbocycles. The minimum atomic E-state index is 0.0132. The number of aryl methyl sites for hydroxylation is 2. The largest absolute Gasteiger partial charge is 0.351 e. The van der Waals surface area contributed by atoms with E-state index in [1.54, 1.807) is 0 Å². The molecule has 0 radical (unpaired) electrons. The molecule has 2 rings (SSSR count). The Hall–Kier alpha value is -1.36. The van der Waals surface area contributed by atoms with Gasteiger partial charge in [-0.25, -0.2) is 0 Å². The van der Waals surface area contributed by atoms with Gasteiger partial charge < -0.3 is 5.32 Å². The van der Waals surface area contributed by atoms with E-state index < -0.39 is 0 Å². The number of thiophene rings is 1. The summed E-state index contributed by atoms with van der Waals surface area (Å²) in [5.41, 5.74) is 0.974. The molecule has 2 heterocycles. The zero-order valence-corrected chi connectivity index (χ0v) is 11.4. The fourth-order valence-electron chi connectivity index (χ4n) is 1.70. The molecule has 0 saturated heterocycles.